The van der Waals surface area contributed by atoms with Crippen LogP contribution in [0.3, 0.4) is 0 Å². The standard InChI is InChI=1S/C12H11ClN4O5/c1-21-8-4-3-6(5-7(8)13)14-11(18)9-10(17(19)20)12(22-2)16-15-9/h3-5H,1-2H3,(H,14,18)(H,15,16). The van der Waals surface area contributed by atoms with Crippen LogP contribution in [0.4, 0.5) is 11.4 Å². The molecule has 2 N–H and O–H groups in total. The molecule has 0 saturated carbocycles. The van der Waals surface area contributed by atoms with Crippen LogP contribution in [0.15, 0.2) is 18.2 Å². The molecule has 1 amide bonds. The third kappa shape index (κ3) is 2.93. The first-order valence-electron chi connectivity index (χ1n) is 5.89. The minimum absolute atomic E-state index is 0.275. The maximum absolute atomic E-state index is 12.1. The van der Waals surface area contributed by atoms with Crippen LogP contribution in [0.25, 0.3) is 0 Å². The van der Waals surface area contributed by atoms with Gasteiger partial charge >= 0.3 is 11.6 Å². The second-order valence-electron chi connectivity index (χ2n) is 4.02. The van der Waals surface area contributed by atoms with Gasteiger partial charge in [0.1, 0.15) is 5.75 Å². The van der Waals surface area contributed by atoms with Crippen molar-refractivity contribution >= 4 is 28.9 Å². The number of aromatic nitrogens is 2. The molecule has 0 bridgehead atoms. The fourth-order valence-corrected chi connectivity index (χ4v) is 1.98. The maximum atomic E-state index is 12.1. The molecule has 0 spiro atoms. The normalized spacial score (nSPS) is 10.1. The Morgan fingerprint density at radius 3 is 2.68 bits per heavy atom. The number of nitrogens with zero attached hydrogens (tertiary/aromatic N) is 2. The summed E-state index contributed by atoms with van der Waals surface area (Å²) in [6, 6.07) is 4.56. The van der Waals surface area contributed by atoms with Crippen molar-refractivity contribution in [2.45, 2.75) is 0 Å². The summed E-state index contributed by atoms with van der Waals surface area (Å²) in [6.07, 6.45) is 0. The average molecular weight is 327 g/mol. The third-order valence-corrected chi connectivity index (χ3v) is 3.02. The summed E-state index contributed by atoms with van der Waals surface area (Å²) in [5, 5.41) is 19.6. The van der Waals surface area contributed by atoms with Crippen LogP contribution < -0.4 is 14.8 Å². The van der Waals surface area contributed by atoms with Crippen molar-refractivity contribution in [1.82, 2.24) is 10.2 Å². The van der Waals surface area contributed by atoms with Crippen LogP contribution >= 0.6 is 11.6 Å². The molecule has 0 aliphatic carbocycles. The van der Waals surface area contributed by atoms with Crippen molar-refractivity contribution < 1.29 is 19.2 Å². The smallest absolute Gasteiger partial charge is 0.362 e. The summed E-state index contributed by atoms with van der Waals surface area (Å²) in [5.41, 5.74) is -0.521. The minimum atomic E-state index is -0.752. The van der Waals surface area contributed by atoms with E-state index in [0.717, 1.165) is 0 Å². The monoisotopic (exact) mass is 326 g/mol. The first-order chi connectivity index (χ1) is 10.5. The average Bonchev–Trinajstić information content (AvgIpc) is 2.91. The van der Waals surface area contributed by atoms with Gasteiger partial charge in [0.05, 0.1) is 24.2 Å². The number of amides is 1. The highest BCUT2D eigenvalue weighted by atomic mass is 35.5. The van der Waals surface area contributed by atoms with Gasteiger partial charge in [-0.25, -0.2) is 0 Å². The second kappa shape index (κ2) is 6.31. The molecular weight excluding hydrogens is 316 g/mol. The van der Waals surface area contributed by atoms with E-state index >= 15 is 0 Å². The summed E-state index contributed by atoms with van der Waals surface area (Å²) >= 11 is 5.94. The molecule has 1 heterocycles. The molecular formula is C12H11ClN4O5. The fourth-order valence-electron chi connectivity index (χ4n) is 1.73. The molecule has 0 aliphatic heterocycles. The first-order valence-corrected chi connectivity index (χ1v) is 6.27. The van der Waals surface area contributed by atoms with Crippen molar-refractivity contribution in [3.63, 3.8) is 0 Å². The zero-order chi connectivity index (χ0) is 16.3. The number of ether oxygens (including phenoxy) is 2. The number of H-pyrrole nitrogens is 1. The summed E-state index contributed by atoms with van der Waals surface area (Å²) < 4.78 is 9.73. The van der Waals surface area contributed by atoms with Gasteiger partial charge in [0.25, 0.3) is 5.91 Å². The number of rotatable bonds is 5. The van der Waals surface area contributed by atoms with Gasteiger partial charge in [-0.05, 0) is 18.2 Å². The largest absolute Gasteiger partial charge is 0.495 e. The number of nitro groups is 1. The Morgan fingerprint density at radius 2 is 2.14 bits per heavy atom. The van der Waals surface area contributed by atoms with Crippen molar-refractivity contribution in [1.29, 1.82) is 0 Å². The first kappa shape index (κ1) is 15.6. The zero-order valence-corrected chi connectivity index (χ0v) is 12.3. The number of carbonyl (C=O) groups is 1. The molecule has 22 heavy (non-hydrogen) atoms. The lowest BCUT2D eigenvalue weighted by Crippen LogP contribution is -2.14. The highest BCUT2D eigenvalue weighted by molar-refractivity contribution is 6.32. The Morgan fingerprint density at radius 1 is 1.41 bits per heavy atom. The molecule has 0 atom stereocenters. The number of nitrogens with one attached hydrogen (secondary N) is 2. The topological polar surface area (TPSA) is 119 Å². The number of carbonyl (C=O) groups excluding carboxylic acids is 1. The van der Waals surface area contributed by atoms with Crippen molar-refractivity contribution in [3.05, 3.63) is 39.0 Å². The molecule has 2 aromatic rings. The van der Waals surface area contributed by atoms with E-state index in [0.29, 0.717) is 11.4 Å². The summed E-state index contributed by atoms with van der Waals surface area (Å²) in [4.78, 5) is 22.4. The van der Waals surface area contributed by atoms with E-state index in [1.807, 2.05) is 0 Å². The van der Waals surface area contributed by atoms with Gasteiger partial charge in [0, 0.05) is 5.69 Å². The molecule has 116 valence electrons. The van der Waals surface area contributed by atoms with Gasteiger partial charge in [-0.2, -0.15) is 0 Å². The number of hydrogen-bond donors (Lipinski definition) is 2. The van der Waals surface area contributed by atoms with Crippen LogP contribution in [0.1, 0.15) is 10.5 Å². The van der Waals surface area contributed by atoms with E-state index in [1.54, 1.807) is 12.1 Å². The minimum Gasteiger partial charge on any atom is -0.495 e. The fraction of sp³-hybridized carbons (Fsp3) is 0.167. The van der Waals surface area contributed by atoms with Crippen LogP contribution in [0.2, 0.25) is 5.02 Å². The zero-order valence-electron chi connectivity index (χ0n) is 11.5. The Kier molecular flexibility index (Phi) is 4.47. The van der Waals surface area contributed by atoms with E-state index in [4.69, 9.17) is 21.1 Å². The number of anilines is 1. The highest BCUT2D eigenvalue weighted by Crippen LogP contribution is 2.30. The second-order valence-corrected chi connectivity index (χ2v) is 4.42. The Hall–Kier alpha value is -2.81. The quantitative estimate of drug-likeness (QED) is 0.642. The molecule has 2 rings (SSSR count). The van der Waals surface area contributed by atoms with Crippen molar-refractivity contribution in [2.24, 2.45) is 0 Å². The molecule has 1 aromatic carbocycles. The van der Waals surface area contributed by atoms with E-state index in [1.165, 1.54) is 20.3 Å². The number of methoxy groups -OCH3 is 2. The Bertz CT molecular complexity index is 730. The van der Waals surface area contributed by atoms with E-state index in [2.05, 4.69) is 15.5 Å². The molecule has 10 heteroatoms. The molecule has 0 saturated heterocycles. The van der Waals surface area contributed by atoms with E-state index in [9.17, 15) is 14.9 Å². The lowest BCUT2D eigenvalue weighted by molar-refractivity contribution is -0.386. The molecule has 0 aliphatic rings. The van der Waals surface area contributed by atoms with Crippen LogP contribution in [-0.4, -0.2) is 35.2 Å². The Labute approximate surface area is 129 Å². The lowest BCUT2D eigenvalue weighted by Gasteiger charge is -2.07. The SMILES string of the molecule is COc1ccc(NC(=O)c2[nH]nc(OC)c2[N+](=O)[O-])cc1Cl. The predicted molar refractivity (Wildman–Crippen MR) is 77.8 cm³/mol. The van der Waals surface area contributed by atoms with Crippen LogP contribution in [0, 0.1) is 10.1 Å². The van der Waals surface area contributed by atoms with Crippen LogP contribution in [-0.2, 0) is 0 Å². The molecule has 0 unspecified atom stereocenters. The van der Waals surface area contributed by atoms with Crippen molar-refractivity contribution in [3.8, 4) is 11.6 Å². The van der Waals surface area contributed by atoms with Gasteiger partial charge < -0.3 is 14.8 Å². The van der Waals surface area contributed by atoms with Crippen molar-refractivity contribution in [2.75, 3.05) is 19.5 Å². The number of benzene rings is 1. The molecule has 0 fully saturated rings. The maximum Gasteiger partial charge on any atom is 0.362 e. The van der Waals surface area contributed by atoms with Gasteiger partial charge in [-0.15, -0.1) is 5.10 Å². The van der Waals surface area contributed by atoms with E-state index in [-0.39, 0.29) is 16.6 Å². The van der Waals surface area contributed by atoms with Gasteiger partial charge in [0.15, 0.2) is 0 Å². The van der Waals surface area contributed by atoms with Gasteiger partial charge in [0.2, 0.25) is 5.69 Å². The van der Waals surface area contributed by atoms with Crippen LogP contribution in [0.5, 0.6) is 11.6 Å². The summed E-state index contributed by atoms with van der Waals surface area (Å²) in [7, 11) is 2.67. The predicted octanol–water partition coefficient (Wildman–Crippen LogP) is 2.24. The lowest BCUT2D eigenvalue weighted by atomic mass is 10.2. The van der Waals surface area contributed by atoms with E-state index < -0.39 is 16.5 Å². The molecule has 0 radical (unpaired) electrons. The Balaban J connectivity index is 2.28. The summed E-state index contributed by atoms with van der Waals surface area (Å²) in [5.74, 6) is -0.583. The highest BCUT2D eigenvalue weighted by Gasteiger charge is 2.30. The summed E-state index contributed by atoms with van der Waals surface area (Å²) in [6.45, 7) is 0. The number of hydrogen-bond acceptors (Lipinski definition) is 6. The number of aromatic amines is 1. The number of halogens is 1. The van der Waals surface area contributed by atoms with Gasteiger partial charge in [-0.3, -0.25) is 20.0 Å². The van der Waals surface area contributed by atoms with Gasteiger partial charge in [-0.1, -0.05) is 11.6 Å². The molecule has 9 nitrogen and oxygen atoms in total. The third-order valence-electron chi connectivity index (χ3n) is 2.72. The molecule has 1 aromatic heterocycles.